The zero-order valence-corrected chi connectivity index (χ0v) is 11.1. The Morgan fingerprint density at radius 2 is 2.12 bits per heavy atom. The van der Waals surface area contributed by atoms with E-state index in [1.165, 1.54) is 31.2 Å². The number of nitrogens with zero attached hydrogens (tertiary/aromatic N) is 2. The third kappa shape index (κ3) is 3.09. The van der Waals surface area contributed by atoms with Gasteiger partial charge < -0.3 is 5.73 Å². The molecule has 1 fully saturated rings. The lowest BCUT2D eigenvalue weighted by atomic mass is 9.78. The number of rotatable bonds is 4. The van der Waals surface area contributed by atoms with Gasteiger partial charge in [0.05, 0.1) is 6.20 Å². The van der Waals surface area contributed by atoms with Crippen molar-refractivity contribution in [1.82, 2.24) is 9.78 Å². The summed E-state index contributed by atoms with van der Waals surface area (Å²) in [7, 11) is 0. The first kappa shape index (κ1) is 12.6. The van der Waals surface area contributed by atoms with E-state index in [0.29, 0.717) is 5.92 Å². The molecule has 1 aromatic rings. The molecule has 0 saturated heterocycles. The molecule has 1 heterocycles. The highest BCUT2D eigenvalue weighted by molar-refractivity contribution is 5.11. The highest BCUT2D eigenvalue weighted by Gasteiger charge is 2.25. The fourth-order valence-corrected chi connectivity index (χ4v) is 2.82. The Morgan fingerprint density at radius 3 is 2.76 bits per heavy atom. The maximum Gasteiger partial charge on any atom is 0.0537 e. The Kier molecular flexibility index (Phi) is 4.21. The molecule has 17 heavy (non-hydrogen) atoms. The normalized spacial score (nSPS) is 27.0. The Labute approximate surface area is 104 Å². The molecule has 96 valence electrons. The predicted octanol–water partition coefficient (Wildman–Crippen LogP) is 3.12. The third-order valence-corrected chi connectivity index (χ3v) is 4.06. The van der Waals surface area contributed by atoms with Crippen LogP contribution in [0.3, 0.4) is 0 Å². The van der Waals surface area contributed by atoms with Crippen LogP contribution in [0.1, 0.15) is 57.6 Å². The van der Waals surface area contributed by atoms with Crippen molar-refractivity contribution in [3.8, 4) is 0 Å². The van der Waals surface area contributed by atoms with Gasteiger partial charge in [-0.05, 0) is 31.1 Å². The maximum atomic E-state index is 6.37. The fourth-order valence-electron chi connectivity index (χ4n) is 2.82. The van der Waals surface area contributed by atoms with Crippen LogP contribution in [0.2, 0.25) is 0 Å². The van der Waals surface area contributed by atoms with Gasteiger partial charge in [-0.1, -0.05) is 26.7 Å². The number of aryl methyl sites for hydroxylation is 1. The molecule has 0 bridgehead atoms. The smallest absolute Gasteiger partial charge is 0.0537 e. The van der Waals surface area contributed by atoms with Crippen LogP contribution >= 0.6 is 0 Å². The molecule has 0 radical (unpaired) electrons. The number of aromatic nitrogens is 2. The van der Waals surface area contributed by atoms with Crippen LogP contribution in [0.15, 0.2) is 12.4 Å². The quantitative estimate of drug-likeness (QED) is 0.871. The van der Waals surface area contributed by atoms with Gasteiger partial charge in [0.25, 0.3) is 0 Å². The molecule has 1 saturated carbocycles. The predicted molar refractivity (Wildman–Crippen MR) is 70.6 cm³/mol. The Hall–Kier alpha value is -0.830. The molecule has 2 N–H and O–H groups in total. The SMILES string of the molecule is CCCn1cc(C(N)C2CCC(C)CC2)cn1. The van der Waals surface area contributed by atoms with Crippen LogP contribution < -0.4 is 5.73 Å². The monoisotopic (exact) mass is 235 g/mol. The van der Waals surface area contributed by atoms with E-state index in [9.17, 15) is 0 Å². The van der Waals surface area contributed by atoms with Crippen LogP contribution in [0.4, 0.5) is 0 Å². The van der Waals surface area contributed by atoms with Gasteiger partial charge in [-0.2, -0.15) is 5.10 Å². The average Bonchev–Trinajstić information content (AvgIpc) is 2.78. The molecule has 2 rings (SSSR count). The summed E-state index contributed by atoms with van der Waals surface area (Å²) in [5.74, 6) is 1.55. The van der Waals surface area contributed by atoms with Gasteiger partial charge in [0, 0.05) is 24.3 Å². The first-order chi connectivity index (χ1) is 8.20. The van der Waals surface area contributed by atoms with Crippen molar-refractivity contribution >= 4 is 0 Å². The number of nitrogens with two attached hydrogens (primary N) is 1. The summed E-state index contributed by atoms with van der Waals surface area (Å²) in [5.41, 5.74) is 7.59. The van der Waals surface area contributed by atoms with Crippen LogP contribution in [0, 0.1) is 11.8 Å². The van der Waals surface area contributed by atoms with Gasteiger partial charge >= 0.3 is 0 Å². The molecule has 1 aliphatic carbocycles. The van der Waals surface area contributed by atoms with Crippen LogP contribution in [0.25, 0.3) is 0 Å². The molecule has 0 aliphatic heterocycles. The summed E-state index contributed by atoms with van der Waals surface area (Å²) in [6.07, 6.45) is 10.4. The van der Waals surface area contributed by atoms with E-state index >= 15 is 0 Å². The van der Waals surface area contributed by atoms with Gasteiger partial charge in [-0.3, -0.25) is 4.68 Å². The molecule has 0 aromatic carbocycles. The molecule has 1 atom stereocenters. The standard InChI is InChI=1S/C14H25N3/c1-3-8-17-10-13(9-16-17)14(15)12-6-4-11(2)5-7-12/h9-12,14H,3-8,15H2,1-2H3. The summed E-state index contributed by atoms with van der Waals surface area (Å²) in [4.78, 5) is 0. The topological polar surface area (TPSA) is 43.8 Å². The summed E-state index contributed by atoms with van der Waals surface area (Å²) in [6, 6.07) is 0.188. The molecular formula is C14H25N3. The van der Waals surface area contributed by atoms with E-state index in [2.05, 4.69) is 25.1 Å². The van der Waals surface area contributed by atoms with Crippen LogP contribution in [-0.4, -0.2) is 9.78 Å². The van der Waals surface area contributed by atoms with Crippen molar-refractivity contribution in [3.05, 3.63) is 18.0 Å². The molecule has 0 amide bonds. The zero-order valence-electron chi connectivity index (χ0n) is 11.1. The highest BCUT2D eigenvalue weighted by Crippen LogP contribution is 2.35. The maximum absolute atomic E-state index is 6.37. The van der Waals surface area contributed by atoms with Gasteiger partial charge in [0.1, 0.15) is 0 Å². The third-order valence-electron chi connectivity index (χ3n) is 4.06. The largest absolute Gasteiger partial charge is 0.324 e. The molecule has 3 nitrogen and oxygen atoms in total. The van der Waals surface area contributed by atoms with Crippen molar-refractivity contribution in [3.63, 3.8) is 0 Å². The van der Waals surface area contributed by atoms with Crippen LogP contribution in [-0.2, 0) is 6.54 Å². The Bertz CT molecular complexity index is 337. The van der Waals surface area contributed by atoms with E-state index in [1.807, 2.05) is 10.9 Å². The molecule has 1 aliphatic rings. The number of hydrogen-bond donors (Lipinski definition) is 1. The van der Waals surface area contributed by atoms with Gasteiger partial charge in [-0.25, -0.2) is 0 Å². The van der Waals surface area contributed by atoms with E-state index in [4.69, 9.17) is 5.73 Å². The Balaban J connectivity index is 1.96. The zero-order chi connectivity index (χ0) is 12.3. The summed E-state index contributed by atoms with van der Waals surface area (Å²) in [5, 5.41) is 4.37. The first-order valence-corrected chi connectivity index (χ1v) is 6.98. The molecular weight excluding hydrogens is 210 g/mol. The van der Waals surface area contributed by atoms with E-state index in [-0.39, 0.29) is 6.04 Å². The van der Waals surface area contributed by atoms with E-state index in [1.54, 1.807) is 0 Å². The van der Waals surface area contributed by atoms with Gasteiger partial charge in [0.15, 0.2) is 0 Å². The second-order valence-corrected chi connectivity index (χ2v) is 5.58. The Morgan fingerprint density at radius 1 is 1.41 bits per heavy atom. The van der Waals surface area contributed by atoms with Crippen molar-refractivity contribution in [1.29, 1.82) is 0 Å². The minimum absolute atomic E-state index is 0.188. The fraction of sp³-hybridized carbons (Fsp3) is 0.786. The minimum Gasteiger partial charge on any atom is -0.324 e. The van der Waals surface area contributed by atoms with E-state index < -0.39 is 0 Å². The van der Waals surface area contributed by atoms with Gasteiger partial charge in [0.2, 0.25) is 0 Å². The average molecular weight is 235 g/mol. The second-order valence-electron chi connectivity index (χ2n) is 5.58. The lowest BCUT2D eigenvalue weighted by Crippen LogP contribution is -2.25. The van der Waals surface area contributed by atoms with Crippen molar-refractivity contribution in [2.45, 2.75) is 58.5 Å². The molecule has 1 aromatic heterocycles. The summed E-state index contributed by atoms with van der Waals surface area (Å²) < 4.78 is 2.01. The van der Waals surface area contributed by atoms with Crippen molar-refractivity contribution < 1.29 is 0 Å². The lowest BCUT2D eigenvalue weighted by Gasteiger charge is -2.30. The van der Waals surface area contributed by atoms with Crippen molar-refractivity contribution in [2.75, 3.05) is 0 Å². The van der Waals surface area contributed by atoms with E-state index in [0.717, 1.165) is 18.9 Å². The minimum atomic E-state index is 0.188. The first-order valence-electron chi connectivity index (χ1n) is 6.98. The summed E-state index contributed by atoms with van der Waals surface area (Å²) in [6.45, 7) is 5.51. The van der Waals surface area contributed by atoms with Crippen LogP contribution in [0.5, 0.6) is 0 Å². The number of hydrogen-bond acceptors (Lipinski definition) is 2. The van der Waals surface area contributed by atoms with Crippen molar-refractivity contribution in [2.24, 2.45) is 17.6 Å². The van der Waals surface area contributed by atoms with Gasteiger partial charge in [-0.15, -0.1) is 0 Å². The second kappa shape index (κ2) is 5.67. The molecule has 0 spiro atoms. The molecule has 3 heteroatoms. The highest BCUT2D eigenvalue weighted by atomic mass is 15.3. The molecule has 1 unspecified atom stereocenters. The lowest BCUT2D eigenvalue weighted by molar-refractivity contribution is 0.256. The summed E-state index contributed by atoms with van der Waals surface area (Å²) >= 11 is 0.